The first kappa shape index (κ1) is 24.5. The van der Waals surface area contributed by atoms with Crippen LogP contribution in [-0.4, -0.2) is 20.2 Å². The van der Waals surface area contributed by atoms with Gasteiger partial charge in [-0.1, -0.05) is 83.1 Å². The summed E-state index contributed by atoms with van der Waals surface area (Å²) in [5.41, 5.74) is 8.53. The number of aromatic amines is 2. The molecule has 0 aliphatic heterocycles. The topological polar surface area (TPSA) is 57.4 Å². The highest BCUT2D eigenvalue weighted by Crippen LogP contribution is 2.64. The number of fused-ring (bicyclic) bond motifs is 3. The second-order valence-electron chi connectivity index (χ2n) is 15.6. The van der Waals surface area contributed by atoms with E-state index in [-0.39, 0.29) is 32.5 Å². The smallest absolute Gasteiger partial charge is 0.0980 e. The van der Waals surface area contributed by atoms with E-state index in [4.69, 9.17) is 4.98 Å². The minimum absolute atomic E-state index is 0.00376. The molecule has 0 bridgehead atoms. The van der Waals surface area contributed by atoms with Crippen molar-refractivity contribution in [3.8, 4) is 0 Å². The average Bonchev–Trinajstić information content (AvgIpc) is 3.48. The fraction of sp³-hybridized carbons (Fsp3) is 0.677. The van der Waals surface area contributed by atoms with E-state index in [9.17, 15) is 0 Å². The molecule has 3 aliphatic carbocycles. The van der Waals surface area contributed by atoms with Crippen LogP contribution in [0.15, 0.2) is 12.3 Å². The van der Waals surface area contributed by atoms with E-state index in [0.29, 0.717) is 11.8 Å². The van der Waals surface area contributed by atoms with Gasteiger partial charge in [-0.3, -0.25) is 5.10 Å². The second kappa shape index (κ2) is 6.57. The number of rotatable bonds is 2. The highest BCUT2D eigenvalue weighted by atomic mass is 32.1. The summed E-state index contributed by atoms with van der Waals surface area (Å²) in [6.07, 6.45) is 3.22. The van der Waals surface area contributed by atoms with Crippen molar-refractivity contribution in [1.29, 1.82) is 0 Å². The Hall–Kier alpha value is -1.88. The molecule has 0 fully saturated rings. The lowest BCUT2D eigenvalue weighted by atomic mass is 9.67. The zero-order valence-electron chi connectivity index (χ0n) is 24.3. The number of hydrogen-bond donors (Lipinski definition) is 2. The van der Waals surface area contributed by atoms with Crippen LogP contribution >= 0.6 is 11.3 Å². The summed E-state index contributed by atoms with van der Waals surface area (Å²) < 4.78 is 0. The molecular formula is C31H44N4S. The lowest BCUT2D eigenvalue weighted by molar-refractivity contribution is 0.306. The Balaban J connectivity index is 1.45. The Morgan fingerprint density at radius 3 is 1.94 bits per heavy atom. The summed E-state index contributed by atoms with van der Waals surface area (Å²) in [6.45, 7) is 28.8. The van der Waals surface area contributed by atoms with E-state index in [1.165, 1.54) is 50.2 Å². The van der Waals surface area contributed by atoms with Crippen molar-refractivity contribution in [2.45, 2.75) is 134 Å². The Bertz CT molecular complexity index is 1290. The standard InChI is InChI=1S/C31H44N4S/c1-26(2)15-27(3,4)24-23(26)34-25(36-24)20-28(5,6)16-13-18(33-21(16)31(20,11)12)19-29(7,8)17-14-32-35-22(17)30(19,9)10/h13-14,19-20,33H,15H2,1-12H3,(H,32,35)/t19-,20-/m1/s1. The van der Waals surface area contributed by atoms with Gasteiger partial charge in [-0.15, -0.1) is 11.3 Å². The summed E-state index contributed by atoms with van der Waals surface area (Å²) in [6, 6.07) is 2.51. The Kier molecular flexibility index (Phi) is 4.46. The molecule has 3 heterocycles. The van der Waals surface area contributed by atoms with E-state index in [2.05, 4.69) is 104 Å². The summed E-state index contributed by atoms with van der Waals surface area (Å²) in [7, 11) is 0. The van der Waals surface area contributed by atoms with E-state index in [0.717, 1.165) is 0 Å². The molecule has 0 amide bonds. The van der Waals surface area contributed by atoms with Crippen LogP contribution in [-0.2, 0) is 32.5 Å². The minimum atomic E-state index is -0.0281. The average molecular weight is 505 g/mol. The largest absolute Gasteiger partial charge is 0.361 e. The van der Waals surface area contributed by atoms with Gasteiger partial charge >= 0.3 is 0 Å². The Morgan fingerprint density at radius 1 is 0.750 bits per heavy atom. The van der Waals surface area contributed by atoms with Gasteiger partial charge in [-0.25, -0.2) is 4.98 Å². The second-order valence-corrected chi connectivity index (χ2v) is 16.6. The van der Waals surface area contributed by atoms with Crippen LogP contribution in [0.25, 0.3) is 0 Å². The third-order valence-electron chi connectivity index (χ3n) is 10.4. The Labute approximate surface area is 221 Å². The van der Waals surface area contributed by atoms with Crippen molar-refractivity contribution >= 4 is 11.3 Å². The van der Waals surface area contributed by atoms with Crippen LogP contribution in [0.1, 0.15) is 145 Å². The van der Waals surface area contributed by atoms with Gasteiger partial charge in [-0.2, -0.15) is 5.10 Å². The zero-order chi connectivity index (χ0) is 26.4. The van der Waals surface area contributed by atoms with Crippen molar-refractivity contribution in [2.75, 3.05) is 0 Å². The summed E-state index contributed by atoms with van der Waals surface area (Å²) >= 11 is 1.99. The molecule has 0 saturated heterocycles. The number of nitrogens with one attached hydrogen (secondary N) is 2. The highest BCUT2D eigenvalue weighted by molar-refractivity contribution is 7.12. The van der Waals surface area contributed by atoms with Gasteiger partial charge in [-0.05, 0) is 23.6 Å². The molecule has 0 radical (unpaired) electrons. The number of nitrogens with zero attached hydrogens (tertiary/aromatic N) is 2. The molecule has 3 aliphatic rings. The molecule has 194 valence electrons. The van der Waals surface area contributed by atoms with Gasteiger partial charge in [0.15, 0.2) is 0 Å². The molecule has 0 aromatic carbocycles. The lowest BCUT2D eigenvalue weighted by Gasteiger charge is -2.38. The van der Waals surface area contributed by atoms with E-state index in [1.54, 1.807) is 0 Å². The van der Waals surface area contributed by atoms with Crippen molar-refractivity contribution in [2.24, 2.45) is 0 Å². The quantitative estimate of drug-likeness (QED) is 0.373. The fourth-order valence-electron chi connectivity index (χ4n) is 9.36. The predicted octanol–water partition coefficient (Wildman–Crippen LogP) is 7.86. The maximum absolute atomic E-state index is 5.43. The maximum atomic E-state index is 5.43. The van der Waals surface area contributed by atoms with Gasteiger partial charge in [0.1, 0.15) is 0 Å². The molecule has 2 atom stereocenters. The number of H-pyrrole nitrogens is 2. The van der Waals surface area contributed by atoms with Gasteiger partial charge < -0.3 is 4.98 Å². The molecule has 0 unspecified atom stereocenters. The SMILES string of the molecule is CC1(C)CC(C)(C)c2sc([C@@H]3C(C)(C)c4cc([C@@H]5C(C)(C)c6cn[nH]c6C5(C)C)[nH]c4C3(C)C)nc21. The molecule has 5 heteroatoms. The van der Waals surface area contributed by atoms with Crippen LogP contribution < -0.4 is 0 Å². The number of aromatic nitrogens is 4. The molecule has 6 rings (SSSR count). The van der Waals surface area contributed by atoms with Crippen molar-refractivity contribution in [3.63, 3.8) is 0 Å². The monoisotopic (exact) mass is 504 g/mol. The first-order chi connectivity index (χ1) is 16.3. The maximum Gasteiger partial charge on any atom is 0.0980 e. The molecule has 36 heavy (non-hydrogen) atoms. The van der Waals surface area contributed by atoms with Crippen molar-refractivity contribution < 1.29 is 0 Å². The number of hydrogen-bond acceptors (Lipinski definition) is 3. The molecular weight excluding hydrogens is 460 g/mol. The fourth-order valence-corrected chi connectivity index (χ4v) is 11.2. The van der Waals surface area contributed by atoms with Crippen LogP contribution in [0.5, 0.6) is 0 Å². The van der Waals surface area contributed by atoms with Gasteiger partial charge in [0.05, 0.1) is 16.9 Å². The third kappa shape index (κ3) is 2.76. The van der Waals surface area contributed by atoms with E-state index >= 15 is 0 Å². The first-order valence-electron chi connectivity index (χ1n) is 13.6. The molecule has 2 N–H and O–H groups in total. The summed E-state index contributed by atoms with van der Waals surface area (Å²) in [5, 5.41) is 9.06. The molecule has 3 aromatic heterocycles. The minimum Gasteiger partial charge on any atom is -0.361 e. The van der Waals surface area contributed by atoms with Crippen molar-refractivity contribution in [1.82, 2.24) is 20.2 Å². The van der Waals surface area contributed by atoms with Crippen molar-refractivity contribution in [3.05, 3.63) is 56.1 Å². The van der Waals surface area contributed by atoms with Crippen LogP contribution in [0.4, 0.5) is 0 Å². The van der Waals surface area contributed by atoms with Crippen LogP contribution in [0.3, 0.4) is 0 Å². The van der Waals surface area contributed by atoms with E-state index in [1.807, 2.05) is 17.5 Å². The lowest BCUT2D eigenvalue weighted by Crippen LogP contribution is -2.35. The summed E-state index contributed by atoms with van der Waals surface area (Å²) in [4.78, 5) is 11.0. The zero-order valence-corrected chi connectivity index (χ0v) is 25.1. The van der Waals surface area contributed by atoms with E-state index < -0.39 is 0 Å². The third-order valence-corrected chi connectivity index (χ3v) is 11.9. The Morgan fingerprint density at radius 2 is 1.36 bits per heavy atom. The highest BCUT2D eigenvalue weighted by Gasteiger charge is 2.58. The first-order valence-corrected chi connectivity index (χ1v) is 14.5. The molecule has 4 nitrogen and oxygen atoms in total. The van der Waals surface area contributed by atoms with Gasteiger partial charge in [0.25, 0.3) is 0 Å². The van der Waals surface area contributed by atoms with Crippen LogP contribution in [0, 0.1) is 0 Å². The molecule has 3 aromatic rings. The molecule has 0 saturated carbocycles. The normalized spacial score (nSPS) is 29.2. The van der Waals surface area contributed by atoms with Crippen LogP contribution in [0.2, 0.25) is 0 Å². The van der Waals surface area contributed by atoms with Gasteiger partial charge in [0.2, 0.25) is 0 Å². The predicted molar refractivity (Wildman–Crippen MR) is 150 cm³/mol. The number of thiazole rings is 1. The molecule has 0 spiro atoms. The van der Waals surface area contributed by atoms with Gasteiger partial charge in [0, 0.05) is 66.3 Å². The summed E-state index contributed by atoms with van der Waals surface area (Å²) in [5.74, 6) is 0.708.